The summed E-state index contributed by atoms with van der Waals surface area (Å²) in [4.78, 5) is 4.43. The number of nitrogens with zero attached hydrogens (tertiary/aromatic N) is 1. The van der Waals surface area contributed by atoms with Gasteiger partial charge in [0, 0.05) is 10.9 Å². The van der Waals surface area contributed by atoms with E-state index in [0.29, 0.717) is 0 Å². The first-order valence-electron chi connectivity index (χ1n) is 4.08. The van der Waals surface area contributed by atoms with E-state index < -0.39 is 0 Å². The van der Waals surface area contributed by atoms with E-state index in [0.717, 1.165) is 15.6 Å². The number of phenolic OH excluding ortho intramolecular Hbond substituents is 1. The third-order valence-corrected chi connectivity index (χ3v) is 3.68. The smallest absolute Gasteiger partial charge is 0.150 e. The predicted octanol–water partition coefficient (Wildman–Crippen LogP) is 3.24. The van der Waals surface area contributed by atoms with E-state index in [-0.39, 0.29) is 5.75 Å². The Bertz CT molecular complexity index is 422. The Hall–Kier alpha value is -1.00. The van der Waals surface area contributed by atoms with Gasteiger partial charge >= 0.3 is 0 Å². The van der Waals surface area contributed by atoms with E-state index in [2.05, 4.69) is 4.98 Å². The van der Waals surface area contributed by atoms with Crippen molar-refractivity contribution in [2.45, 2.75) is 4.34 Å². The highest BCUT2D eigenvalue weighted by Crippen LogP contribution is 2.27. The molecule has 1 aromatic heterocycles. The standard InChI is InChI=1S/C10H9NOS2/c1-13-10-11-9(6-14-10)7-2-4-8(12)5-3-7/h2-6,12H,1H3. The molecular formula is C10H9NOS2. The minimum absolute atomic E-state index is 0.286. The van der Waals surface area contributed by atoms with Gasteiger partial charge in [-0.25, -0.2) is 4.98 Å². The summed E-state index contributed by atoms with van der Waals surface area (Å²) in [7, 11) is 0. The topological polar surface area (TPSA) is 33.1 Å². The van der Waals surface area contributed by atoms with Gasteiger partial charge in [0.1, 0.15) is 10.1 Å². The fourth-order valence-electron chi connectivity index (χ4n) is 1.12. The zero-order chi connectivity index (χ0) is 9.97. The third kappa shape index (κ3) is 1.91. The molecule has 72 valence electrons. The van der Waals surface area contributed by atoms with Crippen LogP contribution in [0.25, 0.3) is 11.3 Å². The van der Waals surface area contributed by atoms with E-state index in [1.807, 2.05) is 23.8 Å². The van der Waals surface area contributed by atoms with Crippen LogP contribution >= 0.6 is 23.1 Å². The minimum atomic E-state index is 0.286. The Balaban J connectivity index is 2.34. The first kappa shape index (κ1) is 9.55. The van der Waals surface area contributed by atoms with E-state index >= 15 is 0 Å². The van der Waals surface area contributed by atoms with Crippen molar-refractivity contribution in [2.75, 3.05) is 6.26 Å². The van der Waals surface area contributed by atoms with Gasteiger partial charge in [0.25, 0.3) is 0 Å². The number of thiazole rings is 1. The van der Waals surface area contributed by atoms with E-state index in [1.54, 1.807) is 35.2 Å². The number of rotatable bonds is 2. The molecule has 0 radical (unpaired) electrons. The molecule has 2 nitrogen and oxygen atoms in total. The van der Waals surface area contributed by atoms with Gasteiger partial charge in [-0.3, -0.25) is 0 Å². The Morgan fingerprint density at radius 2 is 2.00 bits per heavy atom. The molecule has 0 aliphatic rings. The summed E-state index contributed by atoms with van der Waals surface area (Å²) in [6.07, 6.45) is 2.01. The second-order valence-electron chi connectivity index (χ2n) is 2.75. The molecule has 2 rings (SSSR count). The highest BCUT2D eigenvalue weighted by molar-refractivity contribution is 8.00. The average Bonchev–Trinajstić information content (AvgIpc) is 2.67. The van der Waals surface area contributed by atoms with Gasteiger partial charge in [-0.2, -0.15) is 0 Å². The molecule has 14 heavy (non-hydrogen) atoms. The van der Waals surface area contributed by atoms with Crippen molar-refractivity contribution in [3.63, 3.8) is 0 Å². The Morgan fingerprint density at radius 3 is 2.57 bits per heavy atom. The number of phenols is 1. The number of aromatic hydroxyl groups is 1. The monoisotopic (exact) mass is 223 g/mol. The second kappa shape index (κ2) is 4.02. The molecule has 0 saturated carbocycles. The highest BCUT2D eigenvalue weighted by Gasteiger charge is 2.02. The molecule has 4 heteroatoms. The van der Waals surface area contributed by atoms with Crippen LogP contribution in [0.1, 0.15) is 0 Å². The van der Waals surface area contributed by atoms with Gasteiger partial charge in [0.2, 0.25) is 0 Å². The van der Waals surface area contributed by atoms with Gasteiger partial charge in [-0.05, 0) is 30.5 Å². The largest absolute Gasteiger partial charge is 0.508 e. The van der Waals surface area contributed by atoms with Crippen LogP contribution in [0.4, 0.5) is 0 Å². The highest BCUT2D eigenvalue weighted by atomic mass is 32.2. The molecule has 0 bridgehead atoms. The fourth-order valence-corrected chi connectivity index (χ4v) is 2.39. The van der Waals surface area contributed by atoms with Crippen LogP contribution in [0.15, 0.2) is 34.0 Å². The van der Waals surface area contributed by atoms with Crippen LogP contribution in [0.2, 0.25) is 0 Å². The summed E-state index contributed by atoms with van der Waals surface area (Å²) < 4.78 is 1.06. The lowest BCUT2D eigenvalue weighted by Gasteiger charge is -1.95. The van der Waals surface area contributed by atoms with Gasteiger partial charge in [0.05, 0.1) is 5.69 Å². The summed E-state index contributed by atoms with van der Waals surface area (Å²) in [6.45, 7) is 0. The SMILES string of the molecule is CSc1nc(-c2ccc(O)cc2)cs1. The molecule has 2 aromatic rings. The summed E-state index contributed by atoms with van der Waals surface area (Å²) in [5.41, 5.74) is 2.01. The lowest BCUT2D eigenvalue weighted by molar-refractivity contribution is 0.475. The first-order valence-corrected chi connectivity index (χ1v) is 6.19. The minimum Gasteiger partial charge on any atom is -0.508 e. The Kier molecular flexibility index (Phi) is 2.74. The maximum atomic E-state index is 9.13. The summed E-state index contributed by atoms with van der Waals surface area (Å²) in [6, 6.07) is 7.09. The summed E-state index contributed by atoms with van der Waals surface area (Å²) in [5, 5.41) is 11.2. The predicted molar refractivity (Wildman–Crippen MR) is 61.0 cm³/mol. The Morgan fingerprint density at radius 1 is 1.29 bits per heavy atom. The lowest BCUT2D eigenvalue weighted by atomic mass is 10.2. The average molecular weight is 223 g/mol. The van der Waals surface area contributed by atoms with E-state index in [9.17, 15) is 0 Å². The maximum absolute atomic E-state index is 9.13. The van der Waals surface area contributed by atoms with Crippen molar-refractivity contribution in [3.8, 4) is 17.0 Å². The molecule has 0 spiro atoms. The number of hydrogen-bond acceptors (Lipinski definition) is 4. The Labute approximate surface area is 90.6 Å². The van der Waals surface area contributed by atoms with Gasteiger partial charge in [0.15, 0.2) is 0 Å². The number of hydrogen-bond donors (Lipinski definition) is 1. The van der Waals surface area contributed by atoms with Crippen molar-refractivity contribution < 1.29 is 5.11 Å². The van der Waals surface area contributed by atoms with Crippen molar-refractivity contribution in [3.05, 3.63) is 29.6 Å². The van der Waals surface area contributed by atoms with Crippen LogP contribution in [0.3, 0.4) is 0 Å². The third-order valence-electron chi connectivity index (χ3n) is 1.82. The molecule has 0 aliphatic carbocycles. The van der Waals surface area contributed by atoms with Crippen molar-refractivity contribution in [1.29, 1.82) is 0 Å². The molecule has 0 fully saturated rings. The molecular weight excluding hydrogens is 214 g/mol. The quantitative estimate of drug-likeness (QED) is 0.793. The number of benzene rings is 1. The van der Waals surface area contributed by atoms with Crippen LogP contribution in [0, 0.1) is 0 Å². The van der Waals surface area contributed by atoms with Crippen molar-refractivity contribution >= 4 is 23.1 Å². The number of aromatic nitrogens is 1. The van der Waals surface area contributed by atoms with Crippen molar-refractivity contribution in [1.82, 2.24) is 4.98 Å². The zero-order valence-electron chi connectivity index (χ0n) is 7.60. The van der Waals surface area contributed by atoms with E-state index in [1.165, 1.54) is 0 Å². The van der Waals surface area contributed by atoms with Gasteiger partial charge in [-0.1, -0.05) is 11.8 Å². The molecule has 1 heterocycles. The molecule has 0 aliphatic heterocycles. The normalized spacial score (nSPS) is 10.4. The van der Waals surface area contributed by atoms with Gasteiger partial charge in [-0.15, -0.1) is 11.3 Å². The first-order chi connectivity index (χ1) is 6.79. The maximum Gasteiger partial charge on any atom is 0.150 e. The molecule has 0 atom stereocenters. The van der Waals surface area contributed by atoms with Crippen LogP contribution in [0.5, 0.6) is 5.75 Å². The van der Waals surface area contributed by atoms with Crippen LogP contribution in [-0.2, 0) is 0 Å². The molecule has 0 unspecified atom stereocenters. The summed E-state index contributed by atoms with van der Waals surface area (Å²) >= 11 is 3.28. The van der Waals surface area contributed by atoms with Crippen molar-refractivity contribution in [2.24, 2.45) is 0 Å². The summed E-state index contributed by atoms with van der Waals surface area (Å²) in [5.74, 6) is 0.286. The molecule has 1 aromatic carbocycles. The number of thioether (sulfide) groups is 1. The second-order valence-corrected chi connectivity index (χ2v) is 4.66. The molecule has 0 amide bonds. The van der Waals surface area contributed by atoms with E-state index in [4.69, 9.17) is 5.11 Å². The lowest BCUT2D eigenvalue weighted by Crippen LogP contribution is -1.76. The fraction of sp³-hybridized carbons (Fsp3) is 0.100. The molecule has 0 saturated heterocycles. The van der Waals surface area contributed by atoms with Crippen LogP contribution < -0.4 is 0 Å². The zero-order valence-corrected chi connectivity index (χ0v) is 9.23. The van der Waals surface area contributed by atoms with Gasteiger partial charge < -0.3 is 5.11 Å². The molecule has 1 N–H and O–H groups in total. The van der Waals surface area contributed by atoms with Crippen LogP contribution in [-0.4, -0.2) is 16.3 Å².